The van der Waals surface area contributed by atoms with E-state index in [2.05, 4.69) is 44.3 Å². The van der Waals surface area contributed by atoms with Crippen LogP contribution < -0.4 is 10.2 Å². The molecule has 8 heteroatoms. The van der Waals surface area contributed by atoms with Gasteiger partial charge in [0.2, 0.25) is 0 Å². The quantitative estimate of drug-likeness (QED) is 0.871. The van der Waals surface area contributed by atoms with E-state index in [4.69, 9.17) is 0 Å². The van der Waals surface area contributed by atoms with Gasteiger partial charge in [-0.3, -0.25) is 14.4 Å². The van der Waals surface area contributed by atoms with Crippen molar-refractivity contribution in [2.75, 3.05) is 38.1 Å². The minimum absolute atomic E-state index is 0.217. The third-order valence-corrected chi connectivity index (χ3v) is 4.85. The summed E-state index contributed by atoms with van der Waals surface area (Å²) < 4.78 is 1.95. The molecule has 0 aliphatic carbocycles. The monoisotopic (exact) mass is 343 g/mol. The van der Waals surface area contributed by atoms with E-state index in [0.29, 0.717) is 5.69 Å². The van der Waals surface area contributed by atoms with Crippen LogP contribution in [0.5, 0.6) is 0 Å². The van der Waals surface area contributed by atoms with Crippen molar-refractivity contribution in [3.63, 3.8) is 0 Å². The number of nitrogens with one attached hydrogen (secondary N) is 1. The van der Waals surface area contributed by atoms with Crippen molar-refractivity contribution in [2.45, 2.75) is 20.4 Å². The zero-order chi connectivity index (χ0) is 18.0. The highest BCUT2D eigenvalue weighted by atomic mass is 16.1. The van der Waals surface area contributed by atoms with Crippen molar-refractivity contribution in [3.05, 3.63) is 34.8 Å². The molecular formula is C17H25N7O. The van der Waals surface area contributed by atoms with Gasteiger partial charge >= 0.3 is 0 Å². The Bertz CT molecular complexity index is 745. The van der Waals surface area contributed by atoms with Gasteiger partial charge in [0, 0.05) is 58.1 Å². The second-order valence-corrected chi connectivity index (χ2v) is 6.39. The summed E-state index contributed by atoms with van der Waals surface area (Å²) in [5.74, 6) is 0.604. The van der Waals surface area contributed by atoms with Gasteiger partial charge in [-0.15, -0.1) is 10.2 Å². The fourth-order valence-electron chi connectivity index (χ4n) is 3.15. The minimum atomic E-state index is -0.217. The van der Waals surface area contributed by atoms with Crippen LogP contribution in [0.25, 0.3) is 0 Å². The fourth-order valence-corrected chi connectivity index (χ4v) is 3.15. The Hall–Kier alpha value is -2.48. The third kappa shape index (κ3) is 3.63. The van der Waals surface area contributed by atoms with Crippen molar-refractivity contribution in [1.82, 2.24) is 30.2 Å². The topological polar surface area (TPSA) is 79.2 Å². The molecule has 8 nitrogen and oxygen atoms in total. The van der Waals surface area contributed by atoms with E-state index >= 15 is 0 Å². The molecule has 0 saturated carbocycles. The Morgan fingerprint density at radius 2 is 1.88 bits per heavy atom. The summed E-state index contributed by atoms with van der Waals surface area (Å²) in [6.07, 6.45) is 0. The predicted molar refractivity (Wildman–Crippen MR) is 95.6 cm³/mol. The van der Waals surface area contributed by atoms with E-state index in [1.807, 2.05) is 17.8 Å². The number of piperazine rings is 1. The molecule has 1 aliphatic rings. The molecule has 0 atom stereocenters. The molecule has 25 heavy (non-hydrogen) atoms. The van der Waals surface area contributed by atoms with Gasteiger partial charge in [0.15, 0.2) is 11.5 Å². The number of nitrogens with zero attached hydrogens (tertiary/aromatic N) is 6. The average Bonchev–Trinajstić information content (AvgIpc) is 2.88. The zero-order valence-corrected chi connectivity index (χ0v) is 15.3. The first-order valence-electron chi connectivity index (χ1n) is 8.51. The van der Waals surface area contributed by atoms with E-state index in [1.165, 1.54) is 11.3 Å². The van der Waals surface area contributed by atoms with Gasteiger partial charge in [-0.05, 0) is 26.0 Å². The van der Waals surface area contributed by atoms with Gasteiger partial charge in [0.05, 0.1) is 5.69 Å². The number of carbonyl (C=O) groups is 1. The molecule has 0 aromatic carbocycles. The van der Waals surface area contributed by atoms with Crippen molar-refractivity contribution in [1.29, 1.82) is 0 Å². The van der Waals surface area contributed by atoms with Gasteiger partial charge in [-0.1, -0.05) is 0 Å². The SMILES string of the molecule is CNC(=O)c1ccc(N2CCN(Cc3c(C)nn(C)c3C)CC2)nn1. The Morgan fingerprint density at radius 3 is 2.40 bits per heavy atom. The maximum absolute atomic E-state index is 11.5. The lowest BCUT2D eigenvalue weighted by molar-refractivity contribution is 0.0957. The first kappa shape index (κ1) is 17.3. The zero-order valence-electron chi connectivity index (χ0n) is 15.3. The molecule has 0 bridgehead atoms. The predicted octanol–water partition coefficient (Wildman–Crippen LogP) is 0.509. The number of hydrogen-bond donors (Lipinski definition) is 1. The molecule has 1 aliphatic heterocycles. The van der Waals surface area contributed by atoms with Gasteiger partial charge in [-0.2, -0.15) is 5.10 Å². The Balaban J connectivity index is 1.59. The smallest absolute Gasteiger partial charge is 0.271 e. The summed E-state index contributed by atoms with van der Waals surface area (Å²) in [7, 11) is 3.58. The summed E-state index contributed by atoms with van der Waals surface area (Å²) in [6.45, 7) is 8.84. The lowest BCUT2D eigenvalue weighted by Gasteiger charge is -2.35. The first-order valence-corrected chi connectivity index (χ1v) is 8.51. The highest BCUT2D eigenvalue weighted by molar-refractivity contribution is 5.91. The second-order valence-electron chi connectivity index (χ2n) is 6.39. The molecule has 0 radical (unpaired) electrons. The summed E-state index contributed by atoms with van der Waals surface area (Å²) in [5.41, 5.74) is 4.01. The Labute approximate surface area is 147 Å². The standard InChI is InChI=1S/C17H25N7O/c1-12-14(13(2)22(4)21-12)11-23-7-9-24(10-8-23)16-6-5-15(19-20-16)17(25)18-3/h5-6H,7-11H2,1-4H3,(H,18,25). The second kappa shape index (κ2) is 7.18. The van der Waals surface area contributed by atoms with E-state index in [0.717, 1.165) is 44.2 Å². The van der Waals surface area contributed by atoms with Crippen molar-refractivity contribution >= 4 is 11.7 Å². The maximum Gasteiger partial charge on any atom is 0.271 e. The Morgan fingerprint density at radius 1 is 1.16 bits per heavy atom. The van der Waals surface area contributed by atoms with Crippen LogP contribution in [0.15, 0.2) is 12.1 Å². The molecule has 134 valence electrons. The summed E-state index contributed by atoms with van der Waals surface area (Å²) in [5, 5.41) is 15.3. The molecule has 2 aromatic rings. The minimum Gasteiger partial charge on any atom is -0.354 e. The van der Waals surface area contributed by atoms with Crippen LogP contribution >= 0.6 is 0 Å². The molecule has 0 spiro atoms. The third-order valence-electron chi connectivity index (χ3n) is 4.85. The number of anilines is 1. The average molecular weight is 343 g/mol. The number of aromatic nitrogens is 4. The van der Waals surface area contributed by atoms with E-state index in [-0.39, 0.29) is 5.91 Å². The van der Waals surface area contributed by atoms with Gasteiger partial charge in [-0.25, -0.2) is 0 Å². The van der Waals surface area contributed by atoms with E-state index in [1.54, 1.807) is 13.1 Å². The van der Waals surface area contributed by atoms with Crippen LogP contribution in [0.3, 0.4) is 0 Å². The summed E-state index contributed by atoms with van der Waals surface area (Å²) >= 11 is 0. The molecule has 0 unspecified atom stereocenters. The number of carbonyl (C=O) groups excluding carboxylic acids is 1. The van der Waals surface area contributed by atoms with Gasteiger partial charge in [0.25, 0.3) is 5.91 Å². The van der Waals surface area contributed by atoms with Gasteiger partial charge in [0.1, 0.15) is 0 Å². The summed E-state index contributed by atoms with van der Waals surface area (Å²) in [4.78, 5) is 16.2. The molecule has 3 heterocycles. The highest BCUT2D eigenvalue weighted by Gasteiger charge is 2.21. The Kier molecular flexibility index (Phi) is 4.98. The van der Waals surface area contributed by atoms with Crippen molar-refractivity contribution in [2.24, 2.45) is 7.05 Å². The highest BCUT2D eigenvalue weighted by Crippen LogP contribution is 2.18. The molecule has 1 saturated heterocycles. The molecule has 1 fully saturated rings. The van der Waals surface area contributed by atoms with E-state index in [9.17, 15) is 4.79 Å². The normalized spacial score (nSPS) is 15.4. The molecule has 1 amide bonds. The lowest BCUT2D eigenvalue weighted by Crippen LogP contribution is -2.46. The van der Waals surface area contributed by atoms with Crippen LogP contribution in [-0.4, -0.2) is 64.0 Å². The van der Waals surface area contributed by atoms with Crippen molar-refractivity contribution < 1.29 is 4.79 Å². The van der Waals surface area contributed by atoms with Gasteiger partial charge < -0.3 is 10.2 Å². The molecule has 2 aromatic heterocycles. The van der Waals surface area contributed by atoms with Crippen LogP contribution in [0, 0.1) is 13.8 Å². The number of aryl methyl sites for hydroxylation is 2. The lowest BCUT2D eigenvalue weighted by atomic mass is 10.1. The number of rotatable bonds is 4. The number of amides is 1. The largest absolute Gasteiger partial charge is 0.354 e. The van der Waals surface area contributed by atoms with Crippen LogP contribution in [0.4, 0.5) is 5.82 Å². The molecular weight excluding hydrogens is 318 g/mol. The van der Waals surface area contributed by atoms with Crippen LogP contribution in [0.2, 0.25) is 0 Å². The fraction of sp³-hybridized carbons (Fsp3) is 0.529. The first-order chi connectivity index (χ1) is 12.0. The van der Waals surface area contributed by atoms with E-state index < -0.39 is 0 Å². The number of hydrogen-bond acceptors (Lipinski definition) is 6. The molecule has 1 N–H and O–H groups in total. The van der Waals surface area contributed by atoms with Crippen molar-refractivity contribution in [3.8, 4) is 0 Å². The summed E-state index contributed by atoms with van der Waals surface area (Å²) in [6, 6.07) is 3.58. The molecule has 3 rings (SSSR count). The van der Waals surface area contributed by atoms with Crippen LogP contribution in [-0.2, 0) is 13.6 Å². The van der Waals surface area contributed by atoms with Crippen LogP contribution in [0.1, 0.15) is 27.4 Å². The maximum atomic E-state index is 11.5.